The summed E-state index contributed by atoms with van der Waals surface area (Å²) in [5.74, 6) is -2.97. The third kappa shape index (κ3) is 13.3. The average molecular weight is 638 g/mol. The van der Waals surface area contributed by atoms with Crippen LogP contribution in [0.15, 0.2) is 54.6 Å². The lowest BCUT2D eigenvalue weighted by molar-refractivity contribution is -0.156. The van der Waals surface area contributed by atoms with Crippen LogP contribution in [0.3, 0.4) is 0 Å². The topological polar surface area (TPSA) is 148 Å². The SMILES string of the molecule is CCCCCCCC[C@H](C)[C@H](CC(=O)N[C@@H](Cc1ccc(-c2ccccc2)cc1)C(=O)N[C@@H](C)C(=O)O)OC(=O)[C@H](N)[C@@H](C)CC. The summed E-state index contributed by atoms with van der Waals surface area (Å²) in [5.41, 5.74) is 9.02. The van der Waals surface area contributed by atoms with Gasteiger partial charge in [-0.05, 0) is 41.9 Å². The van der Waals surface area contributed by atoms with Crippen LogP contribution in [0.25, 0.3) is 11.1 Å². The second kappa shape index (κ2) is 20.4. The van der Waals surface area contributed by atoms with E-state index in [2.05, 4.69) is 17.6 Å². The van der Waals surface area contributed by atoms with Crippen molar-refractivity contribution in [2.24, 2.45) is 17.6 Å². The first-order chi connectivity index (χ1) is 22.0. The number of carboxylic acids is 1. The van der Waals surface area contributed by atoms with E-state index in [9.17, 15) is 24.3 Å². The molecule has 0 aliphatic heterocycles. The molecule has 0 radical (unpaired) electrons. The van der Waals surface area contributed by atoms with E-state index in [1.807, 2.05) is 75.4 Å². The molecule has 0 saturated heterocycles. The van der Waals surface area contributed by atoms with E-state index in [-0.39, 0.29) is 24.7 Å². The van der Waals surface area contributed by atoms with Crippen molar-refractivity contribution >= 4 is 23.8 Å². The van der Waals surface area contributed by atoms with Crippen LogP contribution in [0.1, 0.15) is 98.0 Å². The third-order valence-corrected chi connectivity index (χ3v) is 8.71. The molecule has 254 valence electrons. The summed E-state index contributed by atoms with van der Waals surface area (Å²) >= 11 is 0. The molecule has 9 heteroatoms. The van der Waals surface area contributed by atoms with Crippen molar-refractivity contribution in [3.05, 3.63) is 60.2 Å². The number of rotatable bonds is 21. The summed E-state index contributed by atoms with van der Waals surface area (Å²) in [6, 6.07) is 14.6. The van der Waals surface area contributed by atoms with Gasteiger partial charge in [0.25, 0.3) is 0 Å². The average Bonchev–Trinajstić information content (AvgIpc) is 3.05. The maximum absolute atomic E-state index is 13.5. The normalized spacial score (nSPS) is 15.1. The molecule has 0 saturated carbocycles. The van der Waals surface area contributed by atoms with E-state index in [4.69, 9.17) is 10.5 Å². The Morgan fingerprint density at radius 3 is 2.02 bits per heavy atom. The molecule has 9 nitrogen and oxygen atoms in total. The van der Waals surface area contributed by atoms with E-state index in [0.29, 0.717) is 6.42 Å². The number of nitrogens with two attached hydrogens (primary N) is 1. The van der Waals surface area contributed by atoms with Gasteiger partial charge in [-0.2, -0.15) is 0 Å². The van der Waals surface area contributed by atoms with Gasteiger partial charge in [-0.15, -0.1) is 0 Å². The molecular weight excluding hydrogens is 582 g/mol. The Kier molecular flexibility index (Phi) is 17.1. The molecule has 2 aromatic rings. The zero-order valence-electron chi connectivity index (χ0n) is 28.3. The highest BCUT2D eigenvalue weighted by Gasteiger charge is 2.31. The maximum atomic E-state index is 13.5. The first kappa shape index (κ1) is 38.5. The number of carbonyl (C=O) groups excluding carboxylic acids is 3. The summed E-state index contributed by atoms with van der Waals surface area (Å²) in [7, 11) is 0. The van der Waals surface area contributed by atoms with Gasteiger partial charge in [0, 0.05) is 6.42 Å². The van der Waals surface area contributed by atoms with Crippen molar-refractivity contribution in [1.82, 2.24) is 10.6 Å². The van der Waals surface area contributed by atoms with Crippen molar-refractivity contribution in [3.8, 4) is 11.1 Å². The summed E-state index contributed by atoms with van der Waals surface area (Å²) in [6.07, 6.45) is 7.52. The lowest BCUT2D eigenvalue weighted by atomic mass is 9.93. The van der Waals surface area contributed by atoms with E-state index in [0.717, 1.165) is 42.4 Å². The molecule has 0 fully saturated rings. The number of ether oxygens (including phenoxy) is 1. The Morgan fingerprint density at radius 1 is 0.804 bits per heavy atom. The van der Waals surface area contributed by atoms with Gasteiger partial charge >= 0.3 is 11.9 Å². The number of aliphatic carboxylic acids is 1. The maximum Gasteiger partial charge on any atom is 0.325 e. The highest BCUT2D eigenvalue weighted by Crippen LogP contribution is 2.22. The molecule has 46 heavy (non-hydrogen) atoms. The Bertz CT molecular complexity index is 1220. The number of amides is 2. The zero-order valence-corrected chi connectivity index (χ0v) is 28.3. The summed E-state index contributed by atoms with van der Waals surface area (Å²) in [5, 5.41) is 14.6. The van der Waals surface area contributed by atoms with Gasteiger partial charge in [0.05, 0.1) is 6.42 Å². The molecule has 5 N–H and O–H groups in total. The van der Waals surface area contributed by atoms with Crippen LogP contribution in [0, 0.1) is 11.8 Å². The van der Waals surface area contributed by atoms with Crippen LogP contribution < -0.4 is 16.4 Å². The summed E-state index contributed by atoms with van der Waals surface area (Å²) < 4.78 is 5.87. The van der Waals surface area contributed by atoms with Gasteiger partial charge in [0.2, 0.25) is 11.8 Å². The molecule has 2 rings (SSSR count). The van der Waals surface area contributed by atoms with Gasteiger partial charge in [-0.3, -0.25) is 19.2 Å². The molecule has 0 aromatic heterocycles. The molecule has 0 heterocycles. The molecule has 0 aliphatic rings. The van der Waals surface area contributed by atoms with Gasteiger partial charge in [-0.1, -0.05) is 127 Å². The smallest absolute Gasteiger partial charge is 0.325 e. The fourth-order valence-corrected chi connectivity index (χ4v) is 5.23. The van der Waals surface area contributed by atoms with Crippen LogP contribution in [0.4, 0.5) is 0 Å². The number of hydrogen-bond acceptors (Lipinski definition) is 6. The third-order valence-electron chi connectivity index (χ3n) is 8.71. The summed E-state index contributed by atoms with van der Waals surface area (Å²) in [4.78, 5) is 51.2. The van der Waals surface area contributed by atoms with Crippen LogP contribution in [0.2, 0.25) is 0 Å². The van der Waals surface area contributed by atoms with Crippen molar-refractivity contribution in [2.45, 2.75) is 123 Å². The van der Waals surface area contributed by atoms with Crippen molar-refractivity contribution < 1.29 is 29.0 Å². The molecule has 6 atom stereocenters. The molecule has 2 aromatic carbocycles. The number of esters is 1. The van der Waals surface area contributed by atoms with E-state index in [1.54, 1.807) is 0 Å². The van der Waals surface area contributed by atoms with Crippen LogP contribution in [-0.2, 0) is 30.3 Å². The number of carbonyl (C=O) groups is 4. The Morgan fingerprint density at radius 2 is 1.41 bits per heavy atom. The number of benzene rings is 2. The Balaban J connectivity index is 2.20. The second-order valence-corrected chi connectivity index (χ2v) is 12.6. The Labute approximate surface area is 275 Å². The molecule has 0 unspecified atom stereocenters. The minimum absolute atomic E-state index is 0.0755. The van der Waals surface area contributed by atoms with Crippen LogP contribution in [-0.4, -0.2) is 53.1 Å². The van der Waals surface area contributed by atoms with E-state index < -0.39 is 48.0 Å². The molecule has 0 bridgehead atoms. The number of nitrogens with one attached hydrogen (secondary N) is 2. The van der Waals surface area contributed by atoms with E-state index in [1.165, 1.54) is 26.2 Å². The van der Waals surface area contributed by atoms with Crippen molar-refractivity contribution in [3.63, 3.8) is 0 Å². The fourth-order valence-electron chi connectivity index (χ4n) is 5.23. The zero-order chi connectivity index (χ0) is 34.1. The summed E-state index contributed by atoms with van der Waals surface area (Å²) in [6.45, 7) is 9.36. The minimum atomic E-state index is -1.18. The monoisotopic (exact) mass is 637 g/mol. The largest absolute Gasteiger partial charge is 0.480 e. The highest BCUT2D eigenvalue weighted by atomic mass is 16.5. The molecule has 0 spiro atoms. The predicted molar refractivity (Wildman–Crippen MR) is 182 cm³/mol. The minimum Gasteiger partial charge on any atom is -0.480 e. The lowest BCUT2D eigenvalue weighted by Crippen LogP contribution is -2.52. The number of carboxylic acid groups (broad SMARTS) is 1. The lowest BCUT2D eigenvalue weighted by Gasteiger charge is -2.27. The first-order valence-electron chi connectivity index (χ1n) is 16.9. The van der Waals surface area contributed by atoms with Gasteiger partial charge in [0.1, 0.15) is 24.2 Å². The first-order valence-corrected chi connectivity index (χ1v) is 16.9. The van der Waals surface area contributed by atoms with Crippen LogP contribution >= 0.6 is 0 Å². The molecular formula is C37H55N3O6. The fraction of sp³-hybridized carbons (Fsp3) is 0.568. The standard InChI is InChI=1S/C37H55N3O6/c1-6-8-9-10-11-13-16-26(4)32(46-37(45)34(38)25(3)7-2)24-33(41)40-31(35(42)39-27(5)36(43)44)23-28-19-21-30(22-20-28)29-17-14-12-15-18-29/h12,14-15,17-22,25-27,31-32,34H,6-11,13,16,23-24,38H2,1-5H3,(H,39,42)(H,40,41)(H,43,44)/t25-,26-,27-,31-,32-,34+/m0/s1. The predicted octanol–water partition coefficient (Wildman–Crippen LogP) is 6.03. The Hall–Kier alpha value is -3.72. The number of unbranched alkanes of at least 4 members (excludes halogenated alkanes) is 5. The molecule has 0 aliphatic carbocycles. The van der Waals surface area contributed by atoms with E-state index >= 15 is 0 Å². The molecule has 2 amide bonds. The van der Waals surface area contributed by atoms with Gasteiger partial charge in [0.15, 0.2) is 0 Å². The van der Waals surface area contributed by atoms with Gasteiger partial charge < -0.3 is 26.2 Å². The van der Waals surface area contributed by atoms with Crippen molar-refractivity contribution in [1.29, 1.82) is 0 Å². The highest BCUT2D eigenvalue weighted by molar-refractivity contribution is 5.90. The van der Waals surface area contributed by atoms with Crippen molar-refractivity contribution in [2.75, 3.05) is 0 Å². The number of hydrogen-bond donors (Lipinski definition) is 4. The quantitative estimate of drug-likeness (QED) is 0.0965. The van der Waals surface area contributed by atoms with Gasteiger partial charge in [-0.25, -0.2) is 0 Å². The second-order valence-electron chi connectivity index (χ2n) is 12.6. The van der Waals surface area contributed by atoms with Crippen LogP contribution in [0.5, 0.6) is 0 Å².